The quantitative estimate of drug-likeness (QED) is 0.807. The van der Waals surface area contributed by atoms with E-state index in [4.69, 9.17) is 0 Å². The van der Waals surface area contributed by atoms with E-state index >= 15 is 0 Å². The first-order valence-electron chi connectivity index (χ1n) is 7.53. The van der Waals surface area contributed by atoms with Gasteiger partial charge in [-0.3, -0.25) is 0 Å². The van der Waals surface area contributed by atoms with Crippen molar-refractivity contribution in [2.24, 2.45) is 0 Å². The van der Waals surface area contributed by atoms with E-state index in [-0.39, 0.29) is 0 Å². The summed E-state index contributed by atoms with van der Waals surface area (Å²) in [5.41, 5.74) is 0.714. The first kappa shape index (κ1) is 16.6. The number of benzene rings is 1. The molecule has 2 N–H and O–H groups in total. The average Bonchev–Trinajstić information content (AvgIpc) is 2.87. The lowest BCUT2D eigenvalue weighted by Gasteiger charge is -2.17. The summed E-state index contributed by atoms with van der Waals surface area (Å²) >= 11 is 2.00. The van der Waals surface area contributed by atoms with Crippen LogP contribution in [0.4, 0.5) is 5.69 Å². The molecule has 0 amide bonds. The van der Waals surface area contributed by atoms with Crippen LogP contribution in [0.5, 0.6) is 0 Å². The topological polar surface area (TPSA) is 58.2 Å². The summed E-state index contributed by atoms with van der Waals surface area (Å²) in [6.07, 6.45) is 3.42. The molecule has 2 unspecified atom stereocenters. The molecule has 1 aromatic rings. The molecule has 0 heterocycles. The number of rotatable bonds is 7. The normalized spacial score (nSPS) is 22.4. The van der Waals surface area contributed by atoms with Crippen LogP contribution >= 0.6 is 11.8 Å². The summed E-state index contributed by atoms with van der Waals surface area (Å²) in [4.78, 5) is 0.346. The minimum absolute atomic E-state index is 0.346. The number of hydrogen-bond acceptors (Lipinski definition) is 4. The lowest BCUT2D eigenvalue weighted by molar-refractivity contribution is 0.584. The van der Waals surface area contributed by atoms with Crippen molar-refractivity contribution in [2.75, 3.05) is 17.6 Å². The number of hydrogen-bond donors (Lipinski definition) is 2. The molecule has 0 radical (unpaired) electrons. The van der Waals surface area contributed by atoms with Crippen LogP contribution in [0.2, 0.25) is 0 Å². The van der Waals surface area contributed by atoms with Gasteiger partial charge < -0.3 is 5.32 Å². The maximum Gasteiger partial charge on any atom is 0.242 e. The first-order valence-corrected chi connectivity index (χ1v) is 10.1. The molecular weight excluding hydrogens is 304 g/mol. The minimum atomic E-state index is -3.42. The average molecular weight is 329 g/mol. The highest BCUT2D eigenvalue weighted by Crippen LogP contribution is 2.32. The summed E-state index contributed by atoms with van der Waals surface area (Å²) in [6.45, 7) is 4.37. The van der Waals surface area contributed by atoms with Gasteiger partial charge in [-0.2, -0.15) is 11.8 Å². The Balaban J connectivity index is 2.11. The van der Waals surface area contributed by atoms with Gasteiger partial charge in [-0.1, -0.05) is 26.0 Å². The van der Waals surface area contributed by atoms with Crippen molar-refractivity contribution in [1.29, 1.82) is 0 Å². The third-order valence-electron chi connectivity index (χ3n) is 3.66. The summed E-state index contributed by atoms with van der Waals surface area (Å²) in [5.74, 6) is 1.14. The highest BCUT2D eigenvalue weighted by Gasteiger charge is 2.26. The van der Waals surface area contributed by atoms with Gasteiger partial charge >= 0.3 is 0 Å². The molecule has 0 bridgehead atoms. The van der Waals surface area contributed by atoms with E-state index in [1.54, 1.807) is 19.1 Å². The van der Waals surface area contributed by atoms with E-state index in [0.717, 1.165) is 18.6 Å². The molecular formula is C15H24N2O2S2. The Labute approximate surface area is 132 Å². The van der Waals surface area contributed by atoms with E-state index in [9.17, 15) is 8.42 Å². The van der Waals surface area contributed by atoms with Crippen molar-refractivity contribution in [3.05, 3.63) is 24.3 Å². The van der Waals surface area contributed by atoms with Crippen LogP contribution in [-0.4, -0.2) is 32.0 Å². The number of anilines is 1. The van der Waals surface area contributed by atoms with E-state index in [0.29, 0.717) is 28.4 Å². The van der Waals surface area contributed by atoms with Crippen LogP contribution in [0.25, 0.3) is 0 Å². The zero-order valence-electron chi connectivity index (χ0n) is 12.6. The summed E-state index contributed by atoms with van der Waals surface area (Å²) in [7, 11) is -3.42. The summed E-state index contributed by atoms with van der Waals surface area (Å²) < 4.78 is 27.0. The molecule has 2 rings (SSSR count). The standard InChI is InChI=1S/C15H24N2O2S2/c1-3-16-21(18,19)15-8-6-5-7-14(15)17-12-9-10-13(11-12)20-4-2/h5-8,12-13,16-17H,3-4,9-11H2,1-2H3. The van der Waals surface area contributed by atoms with E-state index in [1.165, 1.54) is 6.42 Å². The SMILES string of the molecule is CCNS(=O)(=O)c1ccccc1NC1CCC(SCC)C1. The van der Waals surface area contributed by atoms with Crippen LogP contribution in [0.15, 0.2) is 29.2 Å². The Bertz CT molecular complexity index is 561. The highest BCUT2D eigenvalue weighted by atomic mass is 32.2. The monoisotopic (exact) mass is 328 g/mol. The predicted octanol–water partition coefficient (Wildman–Crippen LogP) is 3.07. The van der Waals surface area contributed by atoms with Crippen LogP contribution in [0, 0.1) is 0 Å². The Kier molecular flexibility index (Phi) is 5.96. The predicted molar refractivity (Wildman–Crippen MR) is 90.5 cm³/mol. The summed E-state index contributed by atoms with van der Waals surface area (Å²) in [5, 5.41) is 4.13. The molecule has 0 saturated heterocycles. The molecule has 1 aromatic carbocycles. The van der Waals surface area contributed by atoms with Crippen molar-refractivity contribution in [1.82, 2.24) is 4.72 Å². The Hall–Kier alpha value is -0.720. The van der Waals surface area contributed by atoms with Gasteiger partial charge in [0.25, 0.3) is 0 Å². The molecule has 6 heteroatoms. The zero-order chi connectivity index (χ0) is 15.3. The Morgan fingerprint density at radius 2 is 2.00 bits per heavy atom. The Morgan fingerprint density at radius 1 is 1.24 bits per heavy atom. The second-order valence-electron chi connectivity index (χ2n) is 5.23. The van der Waals surface area contributed by atoms with Crippen molar-refractivity contribution >= 4 is 27.5 Å². The first-order chi connectivity index (χ1) is 10.1. The number of sulfonamides is 1. The largest absolute Gasteiger partial charge is 0.381 e. The van der Waals surface area contributed by atoms with Gasteiger partial charge in [0, 0.05) is 17.8 Å². The van der Waals surface area contributed by atoms with E-state index < -0.39 is 10.0 Å². The molecule has 1 aliphatic rings. The minimum Gasteiger partial charge on any atom is -0.381 e. The maximum absolute atomic E-state index is 12.2. The smallest absolute Gasteiger partial charge is 0.242 e. The molecule has 2 atom stereocenters. The molecule has 1 aliphatic carbocycles. The van der Waals surface area contributed by atoms with Crippen molar-refractivity contribution in [3.8, 4) is 0 Å². The van der Waals surface area contributed by atoms with Gasteiger partial charge in [0.2, 0.25) is 10.0 Å². The molecule has 0 aliphatic heterocycles. The van der Waals surface area contributed by atoms with E-state index in [1.807, 2.05) is 23.9 Å². The van der Waals surface area contributed by atoms with Gasteiger partial charge in [0.05, 0.1) is 5.69 Å². The Morgan fingerprint density at radius 3 is 2.71 bits per heavy atom. The van der Waals surface area contributed by atoms with Crippen LogP contribution in [-0.2, 0) is 10.0 Å². The zero-order valence-corrected chi connectivity index (χ0v) is 14.3. The van der Waals surface area contributed by atoms with Gasteiger partial charge in [-0.25, -0.2) is 13.1 Å². The van der Waals surface area contributed by atoms with Crippen LogP contribution in [0.1, 0.15) is 33.1 Å². The second-order valence-corrected chi connectivity index (χ2v) is 8.54. The number of para-hydroxylation sites is 1. The molecule has 0 spiro atoms. The van der Waals surface area contributed by atoms with Crippen LogP contribution < -0.4 is 10.0 Å². The van der Waals surface area contributed by atoms with E-state index in [2.05, 4.69) is 17.0 Å². The van der Waals surface area contributed by atoms with Crippen molar-refractivity contribution < 1.29 is 8.42 Å². The van der Waals surface area contributed by atoms with Crippen molar-refractivity contribution in [2.45, 2.75) is 49.3 Å². The summed E-state index contributed by atoms with van der Waals surface area (Å²) in [6, 6.07) is 7.52. The van der Waals surface area contributed by atoms with Crippen molar-refractivity contribution in [3.63, 3.8) is 0 Å². The molecule has 118 valence electrons. The van der Waals surface area contributed by atoms with Gasteiger partial charge in [-0.05, 0) is 37.1 Å². The maximum atomic E-state index is 12.2. The highest BCUT2D eigenvalue weighted by molar-refractivity contribution is 7.99. The second kappa shape index (κ2) is 7.51. The van der Waals surface area contributed by atoms with Gasteiger partial charge in [0.15, 0.2) is 0 Å². The number of nitrogens with one attached hydrogen (secondary N) is 2. The fourth-order valence-corrected chi connectivity index (χ4v) is 5.12. The number of thioether (sulfide) groups is 1. The van der Waals surface area contributed by atoms with Crippen LogP contribution in [0.3, 0.4) is 0 Å². The fraction of sp³-hybridized carbons (Fsp3) is 0.600. The molecule has 1 saturated carbocycles. The lowest BCUT2D eigenvalue weighted by Crippen LogP contribution is -2.25. The molecule has 1 fully saturated rings. The molecule has 0 aromatic heterocycles. The third kappa shape index (κ3) is 4.37. The molecule has 21 heavy (non-hydrogen) atoms. The fourth-order valence-electron chi connectivity index (χ4n) is 2.77. The van der Waals surface area contributed by atoms with Gasteiger partial charge in [-0.15, -0.1) is 0 Å². The van der Waals surface area contributed by atoms with Gasteiger partial charge in [0.1, 0.15) is 4.90 Å². The molecule has 4 nitrogen and oxygen atoms in total. The third-order valence-corrected chi connectivity index (χ3v) is 6.49. The lowest BCUT2D eigenvalue weighted by atomic mass is 10.2.